The predicted molar refractivity (Wildman–Crippen MR) is 127 cm³/mol. The molecule has 1 aliphatic heterocycles. The average Bonchev–Trinajstić information content (AvgIpc) is 3.45. The summed E-state index contributed by atoms with van der Waals surface area (Å²) in [5, 5.41) is 5.27. The highest BCUT2D eigenvalue weighted by Crippen LogP contribution is 2.42. The SMILES string of the molecule is CCSc1ccnc2ccc(/C=C3\SC(N[C@H]4C[C@@H]4c4ccccc4)=NC3=O)cc12. The maximum absolute atomic E-state index is 12.4. The van der Waals surface area contributed by atoms with Gasteiger partial charge >= 0.3 is 0 Å². The number of hydrogen-bond acceptors (Lipinski definition) is 5. The molecule has 0 bridgehead atoms. The number of carbonyl (C=O) groups is 1. The van der Waals surface area contributed by atoms with E-state index in [0.717, 1.165) is 28.6 Å². The van der Waals surface area contributed by atoms with E-state index in [-0.39, 0.29) is 5.91 Å². The van der Waals surface area contributed by atoms with Crippen LogP contribution in [0.2, 0.25) is 0 Å². The van der Waals surface area contributed by atoms with Crippen LogP contribution in [0.25, 0.3) is 17.0 Å². The first-order chi connectivity index (χ1) is 14.7. The van der Waals surface area contributed by atoms with Gasteiger partial charge in [0, 0.05) is 28.4 Å². The Kier molecular flexibility index (Phi) is 5.35. The van der Waals surface area contributed by atoms with Crippen molar-refractivity contribution in [2.24, 2.45) is 4.99 Å². The second-order valence-electron chi connectivity index (χ2n) is 7.36. The molecular formula is C24H21N3OS2. The van der Waals surface area contributed by atoms with E-state index in [1.807, 2.05) is 36.5 Å². The monoisotopic (exact) mass is 431 g/mol. The second kappa shape index (κ2) is 8.28. The summed E-state index contributed by atoms with van der Waals surface area (Å²) in [4.78, 5) is 23.0. The van der Waals surface area contributed by atoms with Crippen molar-refractivity contribution < 1.29 is 4.79 Å². The highest BCUT2D eigenvalue weighted by Gasteiger charge is 2.40. The van der Waals surface area contributed by atoms with Gasteiger partial charge in [0.2, 0.25) is 0 Å². The standard InChI is InChI=1S/C24H21N3OS2/c1-2-29-21-10-11-25-19-9-8-15(12-18(19)21)13-22-23(28)27-24(30-22)26-20-14-17(20)16-6-4-3-5-7-16/h3-13,17,20H,2,14H2,1H3,(H,26,27,28)/b22-13-/t17-,20+/m1/s1. The molecule has 1 N–H and O–H groups in total. The molecule has 0 saturated heterocycles. The van der Waals surface area contributed by atoms with Gasteiger partial charge in [-0.25, -0.2) is 0 Å². The lowest BCUT2D eigenvalue weighted by atomic mass is 10.1. The van der Waals surface area contributed by atoms with Gasteiger partial charge in [-0.3, -0.25) is 9.78 Å². The minimum Gasteiger partial charge on any atom is -0.361 e. The third-order valence-electron chi connectivity index (χ3n) is 5.27. The largest absolute Gasteiger partial charge is 0.361 e. The van der Waals surface area contributed by atoms with Crippen molar-refractivity contribution in [3.63, 3.8) is 0 Å². The van der Waals surface area contributed by atoms with E-state index >= 15 is 0 Å². The van der Waals surface area contributed by atoms with E-state index in [0.29, 0.717) is 22.0 Å². The third-order valence-corrected chi connectivity index (χ3v) is 7.14. The van der Waals surface area contributed by atoms with Crippen LogP contribution in [0.4, 0.5) is 0 Å². The lowest BCUT2D eigenvalue weighted by Crippen LogP contribution is -2.22. The van der Waals surface area contributed by atoms with Crippen LogP contribution < -0.4 is 5.32 Å². The maximum Gasteiger partial charge on any atom is 0.286 e. The number of amides is 1. The molecule has 3 aromatic rings. The number of fused-ring (bicyclic) bond motifs is 1. The lowest BCUT2D eigenvalue weighted by Gasteiger charge is -2.06. The molecule has 4 nitrogen and oxygen atoms in total. The molecule has 0 unspecified atom stereocenters. The molecule has 2 aromatic carbocycles. The molecule has 0 radical (unpaired) electrons. The van der Waals surface area contributed by atoms with Gasteiger partial charge in [0.05, 0.1) is 10.4 Å². The Morgan fingerprint density at radius 2 is 2.07 bits per heavy atom. The zero-order chi connectivity index (χ0) is 20.5. The normalized spacial score (nSPS) is 21.8. The van der Waals surface area contributed by atoms with Crippen molar-refractivity contribution in [3.8, 4) is 0 Å². The summed E-state index contributed by atoms with van der Waals surface area (Å²) < 4.78 is 0. The average molecular weight is 432 g/mol. The van der Waals surface area contributed by atoms with Gasteiger partial charge in [0.15, 0.2) is 5.17 Å². The lowest BCUT2D eigenvalue weighted by molar-refractivity contribution is -0.113. The number of amidine groups is 1. The zero-order valence-corrected chi connectivity index (χ0v) is 18.2. The molecule has 150 valence electrons. The van der Waals surface area contributed by atoms with Gasteiger partial charge in [0.25, 0.3) is 5.91 Å². The van der Waals surface area contributed by atoms with Gasteiger partial charge in [-0.2, -0.15) is 4.99 Å². The van der Waals surface area contributed by atoms with Crippen molar-refractivity contribution in [1.29, 1.82) is 0 Å². The summed E-state index contributed by atoms with van der Waals surface area (Å²) >= 11 is 3.23. The Balaban J connectivity index is 1.30. The summed E-state index contributed by atoms with van der Waals surface area (Å²) in [6.45, 7) is 2.14. The van der Waals surface area contributed by atoms with E-state index in [1.165, 1.54) is 22.2 Å². The molecular weight excluding hydrogens is 410 g/mol. The van der Waals surface area contributed by atoms with Crippen LogP contribution in [-0.2, 0) is 4.79 Å². The van der Waals surface area contributed by atoms with Crippen LogP contribution >= 0.6 is 23.5 Å². The van der Waals surface area contributed by atoms with Gasteiger partial charge in [-0.1, -0.05) is 43.3 Å². The number of aliphatic imine (C=N–C) groups is 1. The number of nitrogens with one attached hydrogen (secondary N) is 1. The summed E-state index contributed by atoms with van der Waals surface area (Å²) in [6.07, 6.45) is 4.85. The Morgan fingerprint density at radius 3 is 2.90 bits per heavy atom. The number of carbonyl (C=O) groups excluding carboxylic acids is 1. The fourth-order valence-electron chi connectivity index (χ4n) is 3.71. The molecule has 6 heteroatoms. The van der Waals surface area contributed by atoms with Crippen molar-refractivity contribution in [1.82, 2.24) is 10.3 Å². The van der Waals surface area contributed by atoms with E-state index in [4.69, 9.17) is 0 Å². The molecule has 2 aliphatic rings. The van der Waals surface area contributed by atoms with Gasteiger partial charge in [-0.15, -0.1) is 11.8 Å². The quantitative estimate of drug-likeness (QED) is 0.429. The minimum atomic E-state index is -0.172. The molecule has 0 spiro atoms. The van der Waals surface area contributed by atoms with Crippen LogP contribution in [0.15, 0.2) is 75.6 Å². The highest BCUT2D eigenvalue weighted by atomic mass is 32.2. The van der Waals surface area contributed by atoms with Gasteiger partial charge in [-0.05, 0) is 59.3 Å². The third kappa shape index (κ3) is 4.02. The molecule has 1 fully saturated rings. The van der Waals surface area contributed by atoms with Crippen molar-refractivity contribution >= 4 is 51.6 Å². The van der Waals surface area contributed by atoms with E-state index in [2.05, 4.69) is 52.5 Å². The molecule has 1 aliphatic carbocycles. The van der Waals surface area contributed by atoms with E-state index < -0.39 is 0 Å². The number of pyridine rings is 1. The molecule has 2 atom stereocenters. The Labute approximate surface area is 184 Å². The molecule has 1 aromatic heterocycles. The Bertz CT molecular complexity index is 1170. The zero-order valence-electron chi connectivity index (χ0n) is 16.5. The van der Waals surface area contributed by atoms with Gasteiger partial charge in [0.1, 0.15) is 0 Å². The number of hydrogen-bond donors (Lipinski definition) is 1. The topological polar surface area (TPSA) is 54.4 Å². The van der Waals surface area contributed by atoms with Crippen LogP contribution in [0.1, 0.15) is 30.4 Å². The van der Waals surface area contributed by atoms with Crippen molar-refractivity contribution in [2.75, 3.05) is 5.75 Å². The minimum absolute atomic E-state index is 0.172. The van der Waals surface area contributed by atoms with Crippen LogP contribution in [-0.4, -0.2) is 27.9 Å². The molecule has 1 amide bonds. The Morgan fingerprint density at radius 1 is 1.20 bits per heavy atom. The number of benzene rings is 2. The molecule has 5 rings (SSSR count). The van der Waals surface area contributed by atoms with Crippen LogP contribution in [0, 0.1) is 0 Å². The van der Waals surface area contributed by atoms with Crippen LogP contribution in [0.5, 0.6) is 0 Å². The molecule has 2 heterocycles. The highest BCUT2D eigenvalue weighted by molar-refractivity contribution is 8.18. The first-order valence-electron chi connectivity index (χ1n) is 10.1. The Hall–Kier alpha value is -2.57. The van der Waals surface area contributed by atoms with Crippen molar-refractivity contribution in [2.45, 2.75) is 30.2 Å². The summed E-state index contributed by atoms with van der Waals surface area (Å²) in [5.41, 5.74) is 3.31. The first-order valence-corrected chi connectivity index (χ1v) is 11.9. The molecule has 30 heavy (non-hydrogen) atoms. The van der Waals surface area contributed by atoms with Crippen LogP contribution in [0.3, 0.4) is 0 Å². The number of thioether (sulfide) groups is 2. The predicted octanol–water partition coefficient (Wildman–Crippen LogP) is 5.46. The molecule has 1 saturated carbocycles. The van der Waals surface area contributed by atoms with Gasteiger partial charge < -0.3 is 5.32 Å². The number of rotatable bonds is 5. The number of nitrogens with zero attached hydrogens (tertiary/aromatic N) is 2. The smallest absolute Gasteiger partial charge is 0.286 e. The first kappa shape index (κ1) is 19.4. The number of aromatic nitrogens is 1. The summed E-state index contributed by atoms with van der Waals surface area (Å²) in [5.74, 6) is 1.33. The second-order valence-corrected chi connectivity index (χ2v) is 9.69. The maximum atomic E-state index is 12.4. The fraction of sp³-hybridized carbons (Fsp3) is 0.208. The fourth-order valence-corrected chi connectivity index (χ4v) is 5.38. The van der Waals surface area contributed by atoms with E-state index in [1.54, 1.807) is 11.8 Å². The summed E-state index contributed by atoms with van der Waals surface area (Å²) in [6, 6.07) is 19.0. The van der Waals surface area contributed by atoms with E-state index in [9.17, 15) is 4.79 Å². The summed E-state index contributed by atoms with van der Waals surface area (Å²) in [7, 11) is 0. The van der Waals surface area contributed by atoms with Crippen molar-refractivity contribution in [3.05, 3.63) is 76.8 Å².